The number of rotatable bonds is 6. The topological polar surface area (TPSA) is 50.7 Å². The van der Waals surface area contributed by atoms with Crippen molar-refractivity contribution in [1.82, 2.24) is 5.43 Å². The number of methoxy groups -OCH3 is 1. The van der Waals surface area contributed by atoms with Crippen molar-refractivity contribution in [2.45, 2.75) is 12.8 Å². The molecule has 0 aliphatic heterocycles. The van der Waals surface area contributed by atoms with E-state index in [1.54, 1.807) is 6.21 Å². The number of ether oxygens (including phenoxy) is 1. The van der Waals surface area contributed by atoms with Crippen LogP contribution in [-0.4, -0.2) is 19.2 Å². The smallest absolute Gasteiger partial charge is 0.271 e. The van der Waals surface area contributed by atoms with Crippen molar-refractivity contribution >= 4 is 35.3 Å². The lowest BCUT2D eigenvalue weighted by Crippen LogP contribution is -2.17. The predicted molar refractivity (Wildman–Crippen MR) is 93.7 cm³/mol. The van der Waals surface area contributed by atoms with Crippen LogP contribution in [0.3, 0.4) is 0 Å². The predicted octanol–water partition coefficient (Wildman–Crippen LogP) is 4.35. The van der Waals surface area contributed by atoms with E-state index in [9.17, 15) is 4.79 Å². The van der Waals surface area contributed by atoms with Gasteiger partial charge in [-0.15, -0.1) is 0 Å². The number of nitrogens with one attached hydrogen (secondary N) is 1. The monoisotopic (exact) mass is 350 g/mol. The number of halogens is 2. The van der Waals surface area contributed by atoms with E-state index in [4.69, 9.17) is 27.9 Å². The van der Waals surface area contributed by atoms with Crippen molar-refractivity contribution in [2.24, 2.45) is 5.10 Å². The van der Waals surface area contributed by atoms with Crippen LogP contribution in [0.5, 0.6) is 5.75 Å². The Bertz CT molecular complexity index is 680. The number of hydrogen-bond donors (Lipinski definition) is 1. The van der Waals surface area contributed by atoms with Gasteiger partial charge in [0.25, 0.3) is 5.91 Å². The van der Waals surface area contributed by atoms with Crippen LogP contribution in [0.25, 0.3) is 0 Å². The lowest BCUT2D eigenvalue weighted by atomic mass is 10.1. The molecule has 0 heterocycles. The zero-order valence-corrected chi connectivity index (χ0v) is 14.1. The largest absolute Gasteiger partial charge is 0.494 e. The summed E-state index contributed by atoms with van der Waals surface area (Å²) in [7, 11) is 1.46. The Morgan fingerprint density at radius 1 is 1.22 bits per heavy atom. The number of aryl methyl sites for hydroxylation is 1. The summed E-state index contributed by atoms with van der Waals surface area (Å²) < 4.78 is 5.04. The van der Waals surface area contributed by atoms with Gasteiger partial charge < -0.3 is 4.74 Å². The quantitative estimate of drug-likeness (QED) is 0.621. The third-order valence-electron chi connectivity index (χ3n) is 3.13. The first kappa shape index (κ1) is 17.3. The molecule has 0 fully saturated rings. The van der Waals surface area contributed by atoms with Crippen LogP contribution < -0.4 is 10.2 Å². The number of benzene rings is 2. The molecule has 120 valence electrons. The molecule has 0 bridgehead atoms. The van der Waals surface area contributed by atoms with Crippen molar-refractivity contribution in [3.05, 3.63) is 63.6 Å². The minimum atomic E-state index is -0.382. The summed E-state index contributed by atoms with van der Waals surface area (Å²) in [4.78, 5) is 12.0. The Morgan fingerprint density at radius 3 is 2.48 bits per heavy atom. The number of hydrogen-bond acceptors (Lipinski definition) is 3. The molecule has 0 saturated heterocycles. The first-order valence-corrected chi connectivity index (χ1v) is 7.76. The van der Waals surface area contributed by atoms with Gasteiger partial charge in [0.1, 0.15) is 0 Å². The molecule has 0 unspecified atom stereocenters. The van der Waals surface area contributed by atoms with Crippen LogP contribution in [0.1, 0.15) is 22.3 Å². The van der Waals surface area contributed by atoms with Crippen LogP contribution in [0.2, 0.25) is 10.0 Å². The lowest BCUT2D eigenvalue weighted by Gasteiger charge is -2.07. The maximum absolute atomic E-state index is 12.0. The molecule has 2 aromatic carbocycles. The number of nitrogens with zero attached hydrogens (tertiary/aromatic N) is 1. The average molecular weight is 351 g/mol. The minimum absolute atomic E-state index is 0.276. The van der Waals surface area contributed by atoms with E-state index in [1.165, 1.54) is 24.8 Å². The van der Waals surface area contributed by atoms with Gasteiger partial charge in [-0.3, -0.25) is 4.79 Å². The van der Waals surface area contributed by atoms with E-state index in [0.717, 1.165) is 12.8 Å². The number of carbonyl (C=O) groups is 1. The summed E-state index contributed by atoms with van der Waals surface area (Å²) in [5, 5.41) is 4.47. The molecule has 1 amide bonds. The Kier molecular flexibility index (Phi) is 6.44. The molecule has 0 aliphatic carbocycles. The first-order valence-electron chi connectivity index (χ1n) is 7.00. The number of hydrazone groups is 1. The van der Waals surface area contributed by atoms with Crippen LogP contribution in [0.15, 0.2) is 47.6 Å². The Hall–Kier alpha value is -2.04. The van der Waals surface area contributed by atoms with Gasteiger partial charge in [-0.2, -0.15) is 5.10 Å². The third-order valence-corrected chi connectivity index (χ3v) is 3.69. The summed E-state index contributed by atoms with van der Waals surface area (Å²) in [6.07, 6.45) is 3.26. The van der Waals surface area contributed by atoms with Crippen molar-refractivity contribution in [2.75, 3.05) is 7.11 Å². The molecular formula is C17H16Cl2N2O2. The highest BCUT2D eigenvalue weighted by atomic mass is 35.5. The molecular weight excluding hydrogens is 335 g/mol. The third kappa shape index (κ3) is 4.98. The van der Waals surface area contributed by atoms with Gasteiger partial charge in [0.05, 0.1) is 17.2 Å². The normalized spacial score (nSPS) is 10.7. The van der Waals surface area contributed by atoms with E-state index in [0.29, 0.717) is 11.3 Å². The second-order valence-electron chi connectivity index (χ2n) is 4.75. The van der Waals surface area contributed by atoms with Crippen molar-refractivity contribution in [3.8, 4) is 5.75 Å². The fraction of sp³-hybridized carbons (Fsp3) is 0.176. The number of amides is 1. The zero-order valence-electron chi connectivity index (χ0n) is 12.6. The molecule has 0 atom stereocenters. The second-order valence-corrected chi connectivity index (χ2v) is 5.56. The van der Waals surface area contributed by atoms with Gasteiger partial charge in [-0.05, 0) is 30.5 Å². The molecule has 0 aliphatic rings. The van der Waals surface area contributed by atoms with Crippen molar-refractivity contribution in [1.29, 1.82) is 0 Å². The first-order chi connectivity index (χ1) is 11.1. The Balaban J connectivity index is 1.88. The summed E-state index contributed by atoms with van der Waals surface area (Å²) in [5.41, 5.74) is 3.99. The molecule has 0 aromatic heterocycles. The highest BCUT2D eigenvalue weighted by Gasteiger charge is 2.12. The van der Waals surface area contributed by atoms with E-state index in [1.807, 2.05) is 30.3 Å². The Labute approximate surface area is 145 Å². The molecule has 4 nitrogen and oxygen atoms in total. The van der Waals surface area contributed by atoms with Crippen LogP contribution in [0, 0.1) is 0 Å². The van der Waals surface area contributed by atoms with E-state index in [-0.39, 0.29) is 16.0 Å². The van der Waals surface area contributed by atoms with Gasteiger partial charge >= 0.3 is 0 Å². The van der Waals surface area contributed by atoms with Crippen molar-refractivity contribution < 1.29 is 9.53 Å². The van der Waals surface area contributed by atoms with E-state index < -0.39 is 0 Å². The summed E-state index contributed by atoms with van der Waals surface area (Å²) in [5.74, 6) is -0.0383. The van der Waals surface area contributed by atoms with Crippen molar-refractivity contribution in [3.63, 3.8) is 0 Å². The van der Waals surface area contributed by atoms with Gasteiger partial charge in [0, 0.05) is 11.8 Å². The maximum Gasteiger partial charge on any atom is 0.271 e. The standard InChI is InChI=1S/C17H16Cl2N2O2/c1-23-16-14(18)10-13(11-15(16)19)17(22)21-20-9-5-8-12-6-3-2-4-7-12/h2-4,6-7,9-11H,5,8H2,1H3,(H,21,22)/b20-9-. The Morgan fingerprint density at radius 2 is 1.87 bits per heavy atom. The molecule has 0 radical (unpaired) electrons. The van der Waals surface area contributed by atoms with Crippen LogP contribution in [0.4, 0.5) is 0 Å². The zero-order chi connectivity index (χ0) is 16.7. The number of carbonyl (C=O) groups excluding carboxylic acids is 1. The molecule has 6 heteroatoms. The molecule has 2 rings (SSSR count). The van der Waals surface area contributed by atoms with E-state index >= 15 is 0 Å². The minimum Gasteiger partial charge on any atom is -0.494 e. The fourth-order valence-corrected chi connectivity index (χ4v) is 2.64. The summed E-state index contributed by atoms with van der Waals surface area (Å²) in [6, 6.07) is 13.0. The molecule has 2 aromatic rings. The maximum atomic E-state index is 12.0. The molecule has 1 N–H and O–H groups in total. The average Bonchev–Trinajstić information content (AvgIpc) is 2.55. The molecule has 23 heavy (non-hydrogen) atoms. The molecule has 0 saturated carbocycles. The highest BCUT2D eigenvalue weighted by Crippen LogP contribution is 2.33. The molecule has 0 spiro atoms. The van der Waals surface area contributed by atoms with Gasteiger partial charge in [0.15, 0.2) is 5.75 Å². The SMILES string of the molecule is COc1c(Cl)cc(C(=O)N/N=C\CCc2ccccc2)cc1Cl. The van der Waals surface area contributed by atoms with Crippen LogP contribution >= 0.6 is 23.2 Å². The van der Waals surface area contributed by atoms with Gasteiger partial charge in [-0.1, -0.05) is 53.5 Å². The second kappa shape index (κ2) is 8.56. The summed E-state index contributed by atoms with van der Waals surface area (Å²) >= 11 is 12.0. The van der Waals surface area contributed by atoms with E-state index in [2.05, 4.69) is 10.5 Å². The fourth-order valence-electron chi connectivity index (χ4n) is 2.00. The van der Waals surface area contributed by atoms with Gasteiger partial charge in [0.2, 0.25) is 0 Å². The highest BCUT2D eigenvalue weighted by molar-refractivity contribution is 6.37. The van der Waals surface area contributed by atoms with Gasteiger partial charge in [-0.25, -0.2) is 5.43 Å². The lowest BCUT2D eigenvalue weighted by molar-refractivity contribution is 0.0955. The van der Waals surface area contributed by atoms with Crippen LogP contribution in [-0.2, 0) is 6.42 Å². The summed E-state index contributed by atoms with van der Waals surface area (Å²) in [6.45, 7) is 0.